The number of phenols is 2. The topological polar surface area (TPSA) is 40.5 Å². The van der Waals surface area contributed by atoms with E-state index in [9.17, 15) is 10.2 Å². The SMILES string of the molecule is Cc1ccc(SC(c2cc(C(C)(C)C)c(O)c(C(C)(C)C)c2)c2cc(C(C)(C)C)c(O)c(C(C)(C)C)c2)cc1. The van der Waals surface area contributed by atoms with E-state index in [0.717, 1.165) is 22.3 Å². The molecule has 0 atom stereocenters. The highest BCUT2D eigenvalue weighted by Gasteiger charge is 2.32. The number of aromatic hydroxyl groups is 2. The zero-order chi connectivity index (χ0) is 29.7. The number of aryl methyl sites for hydroxylation is 1. The molecule has 0 bridgehead atoms. The third kappa shape index (κ3) is 7.04. The summed E-state index contributed by atoms with van der Waals surface area (Å²) in [6.07, 6.45) is 0. The van der Waals surface area contributed by atoms with Crippen LogP contribution in [0.2, 0.25) is 0 Å². The van der Waals surface area contributed by atoms with Gasteiger partial charge in [0.25, 0.3) is 0 Å². The first-order valence-corrected chi connectivity index (χ1v) is 15.0. The summed E-state index contributed by atoms with van der Waals surface area (Å²) >= 11 is 1.83. The van der Waals surface area contributed by atoms with E-state index in [0.29, 0.717) is 11.5 Å². The number of hydrogen-bond donors (Lipinski definition) is 2. The van der Waals surface area contributed by atoms with Gasteiger partial charge in [-0.05, 0) is 74.1 Å². The minimum atomic E-state index is -0.221. The van der Waals surface area contributed by atoms with E-state index in [1.807, 2.05) is 11.8 Å². The zero-order valence-corrected chi connectivity index (χ0v) is 27.3. The Hall–Kier alpha value is -2.39. The molecule has 3 heteroatoms. The molecule has 0 radical (unpaired) electrons. The van der Waals surface area contributed by atoms with Crippen LogP contribution in [-0.4, -0.2) is 10.2 Å². The maximum atomic E-state index is 11.5. The molecule has 2 nitrogen and oxygen atoms in total. The van der Waals surface area contributed by atoms with Crippen molar-refractivity contribution in [2.24, 2.45) is 0 Å². The van der Waals surface area contributed by atoms with Gasteiger partial charge in [0.2, 0.25) is 0 Å². The Morgan fingerprint density at radius 2 is 0.795 bits per heavy atom. The van der Waals surface area contributed by atoms with Gasteiger partial charge in [0.15, 0.2) is 0 Å². The van der Waals surface area contributed by atoms with Crippen LogP contribution < -0.4 is 0 Å². The fourth-order valence-corrected chi connectivity index (χ4v) is 6.09. The van der Waals surface area contributed by atoms with Gasteiger partial charge >= 0.3 is 0 Å². The minimum absolute atomic E-state index is 0.0293. The molecule has 0 unspecified atom stereocenters. The third-order valence-corrected chi connectivity index (χ3v) is 8.70. The van der Waals surface area contributed by atoms with Crippen LogP contribution >= 0.6 is 11.8 Å². The van der Waals surface area contributed by atoms with Crippen molar-refractivity contribution < 1.29 is 10.2 Å². The van der Waals surface area contributed by atoms with Crippen molar-refractivity contribution in [3.8, 4) is 11.5 Å². The predicted octanol–water partition coefficient (Wildman–Crippen LogP) is 10.5. The van der Waals surface area contributed by atoms with E-state index >= 15 is 0 Å². The fourth-order valence-electron chi connectivity index (χ4n) is 4.98. The van der Waals surface area contributed by atoms with Gasteiger partial charge in [-0.25, -0.2) is 0 Å². The molecular weight excluding hydrogens is 496 g/mol. The fraction of sp³-hybridized carbons (Fsp3) is 0.500. The summed E-state index contributed by atoms with van der Waals surface area (Å²) in [5.74, 6) is 0.795. The van der Waals surface area contributed by atoms with Crippen LogP contribution in [0.15, 0.2) is 53.4 Å². The molecule has 0 spiro atoms. The first kappa shape index (κ1) is 31.1. The Morgan fingerprint density at radius 1 is 0.513 bits per heavy atom. The number of hydrogen-bond acceptors (Lipinski definition) is 3. The van der Waals surface area contributed by atoms with Crippen LogP contribution in [0.1, 0.15) is 127 Å². The smallest absolute Gasteiger partial charge is 0.123 e. The number of benzene rings is 3. The van der Waals surface area contributed by atoms with Gasteiger partial charge in [0.1, 0.15) is 11.5 Å². The standard InChI is InChI=1S/C36H50O2S/c1-22-14-16-25(17-15-22)39-32(23-18-26(33(2,3)4)30(37)27(19-23)34(5,6)7)24-20-28(35(8,9)10)31(38)29(21-24)36(11,12)13/h14-21,32,37-38H,1-13H3. The van der Waals surface area contributed by atoms with Gasteiger partial charge in [-0.2, -0.15) is 0 Å². The molecule has 39 heavy (non-hydrogen) atoms. The first-order valence-electron chi connectivity index (χ1n) is 14.1. The lowest BCUT2D eigenvalue weighted by Crippen LogP contribution is -2.20. The highest BCUT2D eigenvalue weighted by atomic mass is 32.2. The molecule has 0 aromatic heterocycles. The van der Waals surface area contributed by atoms with Gasteiger partial charge in [0, 0.05) is 4.90 Å². The average molecular weight is 547 g/mol. The van der Waals surface area contributed by atoms with Crippen LogP contribution in [0.5, 0.6) is 11.5 Å². The summed E-state index contributed by atoms with van der Waals surface area (Å²) in [4.78, 5) is 1.19. The first-order chi connectivity index (χ1) is 17.6. The molecule has 3 rings (SSSR count). The van der Waals surface area contributed by atoms with Crippen molar-refractivity contribution in [2.75, 3.05) is 0 Å². The molecular formula is C36H50O2S. The Kier molecular flexibility index (Phi) is 8.42. The van der Waals surface area contributed by atoms with Gasteiger partial charge in [-0.15, -0.1) is 11.8 Å². The van der Waals surface area contributed by atoms with E-state index in [1.54, 1.807) is 0 Å². The normalized spacial score (nSPS) is 13.3. The van der Waals surface area contributed by atoms with Gasteiger partial charge in [0.05, 0.1) is 5.25 Å². The number of thioether (sulfide) groups is 1. The van der Waals surface area contributed by atoms with Gasteiger partial charge in [-0.1, -0.05) is 125 Å². The van der Waals surface area contributed by atoms with Crippen LogP contribution in [0.25, 0.3) is 0 Å². The van der Waals surface area contributed by atoms with E-state index in [4.69, 9.17) is 0 Å². The molecule has 0 saturated carbocycles. The summed E-state index contributed by atoms with van der Waals surface area (Å²) in [5, 5.41) is 22.9. The second-order valence-electron chi connectivity index (χ2n) is 15.2. The van der Waals surface area contributed by atoms with Crippen LogP contribution in [0.3, 0.4) is 0 Å². The van der Waals surface area contributed by atoms with Crippen molar-refractivity contribution in [2.45, 2.75) is 122 Å². The van der Waals surface area contributed by atoms with Crippen molar-refractivity contribution in [3.05, 3.63) is 87.5 Å². The molecule has 0 amide bonds. The van der Waals surface area contributed by atoms with Crippen molar-refractivity contribution in [1.29, 1.82) is 0 Å². The van der Waals surface area contributed by atoms with Crippen LogP contribution in [-0.2, 0) is 21.7 Å². The summed E-state index contributed by atoms with van der Waals surface area (Å²) in [6, 6.07) is 17.5. The summed E-state index contributed by atoms with van der Waals surface area (Å²) < 4.78 is 0. The molecule has 212 valence electrons. The highest BCUT2D eigenvalue weighted by Crippen LogP contribution is 2.49. The average Bonchev–Trinajstić information content (AvgIpc) is 2.76. The third-order valence-electron chi connectivity index (χ3n) is 7.38. The molecule has 0 saturated heterocycles. The van der Waals surface area contributed by atoms with Crippen LogP contribution in [0.4, 0.5) is 0 Å². The van der Waals surface area contributed by atoms with Crippen molar-refractivity contribution in [1.82, 2.24) is 0 Å². The molecule has 0 aliphatic carbocycles. The molecule has 2 N–H and O–H groups in total. The Balaban J connectivity index is 2.43. The molecule has 3 aromatic carbocycles. The Labute approximate surface area is 242 Å². The van der Waals surface area contributed by atoms with Crippen molar-refractivity contribution in [3.63, 3.8) is 0 Å². The number of phenolic OH excluding ortho intramolecular Hbond substituents is 2. The molecule has 0 aliphatic heterocycles. The Bertz CT molecular complexity index is 1170. The number of rotatable bonds is 4. The van der Waals surface area contributed by atoms with Gasteiger partial charge < -0.3 is 10.2 Å². The lowest BCUT2D eigenvalue weighted by Gasteiger charge is -2.32. The second-order valence-corrected chi connectivity index (χ2v) is 16.4. The quantitative estimate of drug-likeness (QED) is 0.320. The molecule has 3 aromatic rings. The minimum Gasteiger partial charge on any atom is -0.507 e. The maximum Gasteiger partial charge on any atom is 0.123 e. The van der Waals surface area contributed by atoms with E-state index in [2.05, 4.69) is 139 Å². The van der Waals surface area contributed by atoms with Gasteiger partial charge in [-0.3, -0.25) is 0 Å². The Morgan fingerprint density at radius 3 is 1.05 bits per heavy atom. The maximum absolute atomic E-state index is 11.5. The van der Waals surface area contributed by atoms with Crippen molar-refractivity contribution >= 4 is 11.8 Å². The van der Waals surface area contributed by atoms with Crippen LogP contribution in [0, 0.1) is 6.92 Å². The summed E-state index contributed by atoms with van der Waals surface area (Å²) in [7, 11) is 0. The highest BCUT2D eigenvalue weighted by molar-refractivity contribution is 7.99. The van der Waals surface area contributed by atoms with E-state index in [1.165, 1.54) is 21.6 Å². The monoisotopic (exact) mass is 546 g/mol. The molecule has 0 fully saturated rings. The summed E-state index contributed by atoms with van der Waals surface area (Å²) in [6.45, 7) is 28.1. The van der Waals surface area contributed by atoms with E-state index < -0.39 is 0 Å². The second kappa shape index (κ2) is 10.5. The van der Waals surface area contributed by atoms with E-state index in [-0.39, 0.29) is 26.9 Å². The largest absolute Gasteiger partial charge is 0.507 e. The molecule has 0 aliphatic rings. The lowest BCUT2D eigenvalue weighted by atomic mass is 9.76. The molecule has 0 heterocycles. The summed E-state index contributed by atoms with van der Waals surface area (Å²) in [5.41, 5.74) is 6.54. The lowest BCUT2D eigenvalue weighted by molar-refractivity contribution is 0.422. The zero-order valence-electron chi connectivity index (χ0n) is 26.5. The predicted molar refractivity (Wildman–Crippen MR) is 170 cm³/mol.